The molecule has 0 amide bonds. The van der Waals surface area contributed by atoms with Gasteiger partial charge in [0, 0.05) is 11.3 Å². The van der Waals surface area contributed by atoms with E-state index < -0.39 is 0 Å². The van der Waals surface area contributed by atoms with Crippen molar-refractivity contribution in [1.29, 1.82) is 0 Å². The minimum absolute atomic E-state index is 0.231. The van der Waals surface area contributed by atoms with Crippen LogP contribution in [-0.2, 0) is 4.79 Å². The molecule has 0 aliphatic heterocycles. The van der Waals surface area contributed by atoms with Crippen LogP contribution in [0.15, 0.2) is 16.3 Å². The van der Waals surface area contributed by atoms with Gasteiger partial charge in [0.05, 0.1) is 11.2 Å². The van der Waals surface area contributed by atoms with E-state index in [0.717, 1.165) is 6.29 Å². The van der Waals surface area contributed by atoms with Crippen LogP contribution in [0, 0.1) is 0 Å². The van der Waals surface area contributed by atoms with Gasteiger partial charge in [0.15, 0.2) is 0 Å². The Morgan fingerprint density at radius 3 is 2.67 bits per heavy atom. The number of rotatable bonds is 4. The summed E-state index contributed by atoms with van der Waals surface area (Å²) in [4.78, 5) is 14.4. The van der Waals surface area contributed by atoms with E-state index in [2.05, 4.69) is 22.4 Å². The topological polar surface area (TPSA) is 55.5 Å². The van der Waals surface area contributed by atoms with Gasteiger partial charge in [0.2, 0.25) is 0 Å². The van der Waals surface area contributed by atoms with Gasteiger partial charge in [-0.1, -0.05) is 6.92 Å². The predicted octanol–water partition coefficient (Wildman–Crippen LogP) is 1.30. The van der Waals surface area contributed by atoms with Crippen molar-refractivity contribution in [1.82, 2.24) is 0 Å². The lowest BCUT2D eigenvalue weighted by Gasteiger charge is -2.08. The van der Waals surface area contributed by atoms with E-state index in [0.29, 0.717) is 17.7 Å². The predicted molar refractivity (Wildman–Crippen MR) is 52.1 cm³/mol. The number of thiocarbonyl (C=S) groups is 1. The van der Waals surface area contributed by atoms with E-state index in [1.54, 1.807) is 6.92 Å². The van der Waals surface area contributed by atoms with Crippen LogP contribution in [0.3, 0.4) is 0 Å². The van der Waals surface area contributed by atoms with Crippen molar-refractivity contribution in [2.75, 3.05) is 0 Å². The number of carbonyl (C=O) groups is 1. The second-order valence-electron chi connectivity index (χ2n) is 2.40. The van der Waals surface area contributed by atoms with Crippen LogP contribution >= 0.6 is 12.2 Å². The largest absolute Gasteiger partial charge is 0.402 e. The van der Waals surface area contributed by atoms with Crippen molar-refractivity contribution < 1.29 is 4.79 Å². The summed E-state index contributed by atoms with van der Waals surface area (Å²) in [5.74, 6) is 0. The Hall–Kier alpha value is -0.990. The molecule has 0 rings (SSSR count). The highest BCUT2D eigenvalue weighted by Gasteiger charge is 2.11. The van der Waals surface area contributed by atoms with Crippen LogP contribution in [0.2, 0.25) is 0 Å². The summed E-state index contributed by atoms with van der Waals surface area (Å²) in [6.07, 6.45) is 1.42. The van der Waals surface area contributed by atoms with E-state index in [1.165, 1.54) is 0 Å². The molecule has 0 fully saturated rings. The molecule has 0 spiro atoms. The maximum Gasteiger partial charge on any atom is 0.149 e. The highest BCUT2D eigenvalue weighted by atomic mass is 32.1. The molecule has 0 saturated carbocycles. The number of hydrogen-bond acceptors (Lipinski definition) is 4. The molecule has 0 aliphatic carbocycles. The molecule has 0 heterocycles. The molecule has 0 aliphatic rings. The molecule has 0 saturated heterocycles. The van der Waals surface area contributed by atoms with Crippen molar-refractivity contribution in [3.63, 3.8) is 0 Å². The van der Waals surface area contributed by atoms with Gasteiger partial charge < -0.3 is 5.73 Å². The first-order valence-corrected chi connectivity index (χ1v) is 4.06. The Kier molecular flexibility index (Phi) is 5.17. The summed E-state index contributed by atoms with van der Waals surface area (Å²) in [7, 11) is 0. The highest BCUT2D eigenvalue weighted by Crippen LogP contribution is 2.09. The lowest BCUT2D eigenvalue weighted by atomic mass is 10.1. The molecule has 12 heavy (non-hydrogen) atoms. The average molecular weight is 184 g/mol. The van der Waals surface area contributed by atoms with E-state index >= 15 is 0 Å². The molecule has 1 atom stereocenters. The average Bonchev–Trinajstić information content (AvgIpc) is 2.03. The second kappa shape index (κ2) is 5.63. The molecule has 4 heteroatoms. The number of isothiocyanates is 1. The summed E-state index contributed by atoms with van der Waals surface area (Å²) >= 11 is 4.45. The normalized spacial score (nSPS) is 14.2. The van der Waals surface area contributed by atoms with Gasteiger partial charge in [-0.15, -0.1) is 0 Å². The monoisotopic (exact) mass is 184 g/mol. The van der Waals surface area contributed by atoms with Crippen molar-refractivity contribution in [2.24, 2.45) is 10.7 Å². The first-order valence-electron chi connectivity index (χ1n) is 3.65. The van der Waals surface area contributed by atoms with Crippen LogP contribution in [0.1, 0.15) is 20.3 Å². The van der Waals surface area contributed by atoms with E-state index in [9.17, 15) is 4.79 Å². The van der Waals surface area contributed by atoms with Crippen LogP contribution < -0.4 is 5.73 Å². The van der Waals surface area contributed by atoms with Crippen LogP contribution in [0.25, 0.3) is 0 Å². The SMILES string of the molecule is CC[C@@H](N=C=S)C(C=O)=C(C)N. The van der Waals surface area contributed by atoms with Gasteiger partial charge in [-0.25, -0.2) is 4.99 Å². The fourth-order valence-corrected chi connectivity index (χ4v) is 1.01. The molecule has 0 bridgehead atoms. The Bertz CT molecular complexity index is 237. The van der Waals surface area contributed by atoms with Gasteiger partial charge in [0.1, 0.15) is 6.29 Å². The van der Waals surface area contributed by atoms with Gasteiger partial charge in [-0.2, -0.15) is 0 Å². The number of aliphatic imine (C=N–C) groups is 1. The standard InChI is InChI=1S/C8H12N2OS/c1-3-8(10-5-12)7(4-11)6(2)9/h4,8H,3,9H2,1-2H3/t8-/m1/s1. The first kappa shape index (κ1) is 11.0. The zero-order valence-corrected chi connectivity index (χ0v) is 8.02. The third kappa shape index (κ3) is 2.95. The zero-order valence-electron chi connectivity index (χ0n) is 7.20. The Morgan fingerprint density at radius 1 is 1.83 bits per heavy atom. The smallest absolute Gasteiger partial charge is 0.149 e. The molecule has 3 nitrogen and oxygen atoms in total. The van der Waals surface area contributed by atoms with Crippen molar-refractivity contribution in [2.45, 2.75) is 26.3 Å². The molecule has 0 unspecified atom stereocenters. The number of allylic oxidation sites excluding steroid dienone is 1. The van der Waals surface area contributed by atoms with Crippen LogP contribution in [-0.4, -0.2) is 17.5 Å². The van der Waals surface area contributed by atoms with E-state index in [-0.39, 0.29) is 6.04 Å². The minimum atomic E-state index is -0.231. The van der Waals surface area contributed by atoms with Gasteiger partial charge >= 0.3 is 0 Å². The van der Waals surface area contributed by atoms with E-state index in [1.807, 2.05) is 6.92 Å². The summed E-state index contributed by atoms with van der Waals surface area (Å²) < 4.78 is 0. The Balaban J connectivity index is 4.80. The maximum absolute atomic E-state index is 10.6. The van der Waals surface area contributed by atoms with Crippen LogP contribution in [0.4, 0.5) is 0 Å². The van der Waals surface area contributed by atoms with Gasteiger partial charge in [-0.3, -0.25) is 4.79 Å². The summed E-state index contributed by atoms with van der Waals surface area (Å²) in [6, 6.07) is -0.231. The van der Waals surface area contributed by atoms with Crippen LogP contribution in [0.5, 0.6) is 0 Å². The quantitative estimate of drug-likeness (QED) is 0.310. The number of nitrogens with two attached hydrogens (primary N) is 1. The molecule has 0 radical (unpaired) electrons. The molecule has 0 aromatic heterocycles. The Morgan fingerprint density at radius 2 is 2.42 bits per heavy atom. The summed E-state index contributed by atoms with van der Waals surface area (Å²) in [5.41, 5.74) is 6.47. The van der Waals surface area contributed by atoms with Crippen molar-refractivity contribution in [3.05, 3.63) is 11.3 Å². The molecule has 2 N–H and O–H groups in total. The fraction of sp³-hybridized carbons (Fsp3) is 0.500. The maximum atomic E-state index is 10.6. The highest BCUT2D eigenvalue weighted by molar-refractivity contribution is 7.78. The molecule has 0 aromatic carbocycles. The fourth-order valence-electron chi connectivity index (χ4n) is 0.879. The molecular weight excluding hydrogens is 172 g/mol. The number of nitrogens with zero attached hydrogens (tertiary/aromatic N) is 1. The lowest BCUT2D eigenvalue weighted by Crippen LogP contribution is -2.13. The van der Waals surface area contributed by atoms with Gasteiger partial charge in [0.25, 0.3) is 0 Å². The molecule has 66 valence electrons. The molecule has 0 aromatic rings. The number of aldehydes is 1. The third-order valence-corrected chi connectivity index (χ3v) is 1.64. The van der Waals surface area contributed by atoms with Crippen molar-refractivity contribution in [3.8, 4) is 0 Å². The molecular formula is C8H12N2OS. The summed E-state index contributed by atoms with van der Waals surface area (Å²) in [5, 5.41) is 2.25. The number of hydrogen-bond donors (Lipinski definition) is 1. The lowest BCUT2D eigenvalue weighted by molar-refractivity contribution is -0.105. The third-order valence-electron chi connectivity index (χ3n) is 1.54. The zero-order chi connectivity index (χ0) is 9.56. The van der Waals surface area contributed by atoms with Crippen molar-refractivity contribution >= 4 is 23.7 Å². The minimum Gasteiger partial charge on any atom is -0.402 e. The Labute approximate surface area is 77.4 Å². The summed E-state index contributed by atoms with van der Waals surface area (Å²) in [6.45, 7) is 3.58. The van der Waals surface area contributed by atoms with Gasteiger partial charge in [-0.05, 0) is 25.6 Å². The van der Waals surface area contributed by atoms with E-state index in [4.69, 9.17) is 5.73 Å². The first-order chi connectivity index (χ1) is 5.67. The second-order valence-corrected chi connectivity index (χ2v) is 2.58. The number of carbonyl (C=O) groups excluding carboxylic acids is 1.